The maximum Gasteiger partial charge on any atom is 0.243 e. The van der Waals surface area contributed by atoms with Crippen molar-refractivity contribution in [2.45, 2.75) is 39.8 Å². The molecule has 0 saturated carbocycles. The summed E-state index contributed by atoms with van der Waals surface area (Å²) in [6, 6.07) is 5.68. The van der Waals surface area contributed by atoms with E-state index in [0.29, 0.717) is 11.4 Å². The van der Waals surface area contributed by atoms with Gasteiger partial charge in [-0.15, -0.1) is 0 Å². The fourth-order valence-electron chi connectivity index (χ4n) is 2.05. The lowest BCUT2D eigenvalue weighted by molar-refractivity contribution is -0.122. The second-order valence-corrected chi connectivity index (χ2v) is 7.83. The number of carbonyl (C=O) groups is 1. The first-order valence-electron chi connectivity index (χ1n) is 7.51. The summed E-state index contributed by atoms with van der Waals surface area (Å²) >= 11 is 0. The van der Waals surface area contributed by atoms with Crippen LogP contribution in [0.1, 0.15) is 27.7 Å². The van der Waals surface area contributed by atoms with Crippen LogP contribution < -0.4 is 14.4 Å². The first-order chi connectivity index (χ1) is 10.6. The van der Waals surface area contributed by atoms with Gasteiger partial charge in [0.05, 0.1) is 19.1 Å². The number of sulfonamides is 1. The molecule has 130 valence electrons. The summed E-state index contributed by atoms with van der Waals surface area (Å²) in [4.78, 5) is 12.4. The van der Waals surface area contributed by atoms with E-state index in [1.165, 1.54) is 7.11 Å². The zero-order valence-corrected chi connectivity index (χ0v) is 15.3. The van der Waals surface area contributed by atoms with Crippen LogP contribution in [0.15, 0.2) is 24.3 Å². The molecule has 2 atom stereocenters. The minimum absolute atomic E-state index is 0.0396. The van der Waals surface area contributed by atoms with Gasteiger partial charge in [-0.1, -0.05) is 13.8 Å². The van der Waals surface area contributed by atoms with E-state index in [1.807, 2.05) is 20.8 Å². The highest BCUT2D eigenvalue weighted by Gasteiger charge is 2.30. The number of hydrogen-bond donors (Lipinski definition) is 1. The summed E-state index contributed by atoms with van der Waals surface area (Å²) in [6.45, 7) is 7.46. The van der Waals surface area contributed by atoms with Crippen molar-refractivity contribution >= 4 is 21.6 Å². The summed E-state index contributed by atoms with van der Waals surface area (Å²) in [6.07, 6.45) is 1.09. The number of rotatable bonds is 7. The molecule has 0 radical (unpaired) electrons. The van der Waals surface area contributed by atoms with Gasteiger partial charge in [0.15, 0.2) is 0 Å². The molecule has 0 aromatic heterocycles. The van der Waals surface area contributed by atoms with Crippen LogP contribution in [0.4, 0.5) is 5.69 Å². The molecular formula is C16H26N2O4S. The molecule has 1 aromatic rings. The van der Waals surface area contributed by atoms with E-state index in [9.17, 15) is 13.2 Å². The number of carbonyl (C=O) groups excluding carboxylic acids is 1. The summed E-state index contributed by atoms with van der Waals surface area (Å²) in [5.41, 5.74) is 0.424. The van der Waals surface area contributed by atoms with Gasteiger partial charge in [-0.3, -0.25) is 9.10 Å². The Kier molecular flexibility index (Phi) is 6.44. The number of benzene rings is 1. The van der Waals surface area contributed by atoms with Gasteiger partial charge in [-0.05, 0) is 44.0 Å². The Morgan fingerprint density at radius 3 is 2.04 bits per heavy atom. The normalized spacial score (nSPS) is 14.2. The Morgan fingerprint density at radius 1 is 1.13 bits per heavy atom. The van der Waals surface area contributed by atoms with Crippen molar-refractivity contribution in [3.05, 3.63) is 24.3 Å². The Morgan fingerprint density at radius 2 is 1.65 bits per heavy atom. The first-order valence-corrected chi connectivity index (χ1v) is 9.36. The zero-order chi connectivity index (χ0) is 17.8. The van der Waals surface area contributed by atoms with Crippen LogP contribution in [0.2, 0.25) is 0 Å². The highest BCUT2D eigenvalue weighted by Crippen LogP contribution is 2.23. The van der Waals surface area contributed by atoms with Crippen molar-refractivity contribution in [3.8, 4) is 5.75 Å². The molecule has 7 heteroatoms. The number of hydrogen-bond acceptors (Lipinski definition) is 4. The smallest absolute Gasteiger partial charge is 0.243 e. The zero-order valence-electron chi connectivity index (χ0n) is 14.5. The molecule has 1 rings (SSSR count). The fourth-order valence-corrected chi connectivity index (χ4v) is 3.22. The number of methoxy groups -OCH3 is 1. The van der Waals surface area contributed by atoms with Gasteiger partial charge in [0, 0.05) is 6.04 Å². The van der Waals surface area contributed by atoms with Crippen molar-refractivity contribution in [2.24, 2.45) is 5.92 Å². The standard InChI is InChI=1S/C16H26N2O4S/c1-11(2)12(3)17-16(19)13(4)18(23(6,20)21)14-7-9-15(22-5)10-8-14/h7-13H,1-6H3,(H,17,19). The lowest BCUT2D eigenvalue weighted by atomic mass is 10.1. The van der Waals surface area contributed by atoms with E-state index in [0.717, 1.165) is 10.6 Å². The number of ether oxygens (including phenoxy) is 1. The maximum atomic E-state index is 12.4. The minimum Gasteiger partial charge on any atom is -0.497 e. The molecule has 0 saturated heterocycles. The van der Waals surface area contributed by atoms with E-state index >= 15 is 0 Å². The lowest BCUT2D eigenvalue weighted by Gasteiger charge is -2.30. The second kappa shape index (κ2) is 7.68. The average molecular weight is 342 g/mol. The quantitative estimate of drug-likeness (QED) is 0.822. The third-order valence-corrected chi connectivity index (χ3v) is 5.03. The molecule has 2 unspecified atom stereocenters. The lowest BCUT2D eigenvalue weighted by Crippen LogP contribution is -2.50. The van der Waals surface area contributed by atoms with Gasteiger partial charge < -0.3 is 10.1 Å². The van der Waals surface area contributed by atoms with E-state index in [4.69, 9.17) is 4.74 Å². The van der Waals surface area contributed by atoms with Crippen molar-refractivity contribution in [1.82, 2.24) is 5.32 Å². The van der Waals surface area contributed by atoms with Crippen molar-refractivity contribution in [1.29, 1.82) is 0 Å². The molecule has 0 bridgehead atoms. The summed E-state index contributed by atoms with van der Waals surface area (Å²) < 4.78 is 30.5. The fraction of sp³-hybridized carbons (Fsp3) is 0.562. The minimum atomic E-state index is -3.61. The monoisotopic (exact) mass is 342 g/mol. The van der Waals surface area contributed by atoms with E-state index in [2.05, 4.69) is 5.32 Å². The SMILES string of the molecule is COc1ccc(N(C(C)C(=O)NC(C)C(C)C)S(C)(=O)=O)cc1. The second-order valence-electron chi connectivity index (χ2n) is 5.97. The largest absolute Gasteiger partial charge is 0.497 e. The highest BCUT2D eigenvalue weighted by molar-refractivity contribution is 7.92. The predicted molar refractivity (Wildman–Crippen MR) is 92.2 cm³/mol. The van der Waals surface area contributed by atoms with Crippen LogP contribution in [0.25, 0.3) is 0 Å². The van der Waals surface area contributed by atoms with Crippen molar-refractivity contribution in [3.63, 3.8) is 0 Å². The van der Waals surface area contributed by atoms with Crippen LogP contribution in [0.3, 0.4) is 0 Å². The van der Waals surface area contributed by atoms with Gasteiger partial charge in [-0.2, -0.15) is 0 Å². The number of nitrogens with one attached hydrogen (secondary N) is 1. The van der Waals surface area contributed by atoms with E-state index in [-0.39, 0.29) is 17.9 Å². The summed E-state index contributed by atoms with van der Waals surface area (Å²) in [5.74, 6) is 0.555. The summed E-state index contributed by atoms with van der Waals surface area (Å²) in [7, 11) is -2.07. The highest BCUT2D eigenvalue weighted by atomic mass is 32.2. The molecule has 23 heavy (non-hydrogen) atoms. The topological polar surface area (TPSA) is 75.7 Å². The predicted octanol–water partition coefficient (Wildman–Crippen LogP) is 2.01. The third-order valence-electron chi connectivity index (χ3n) is 3.79. The maximum absolute atomic E-state index is 12.4. The van der Waals surface area contributed by atoms with Crippen molar-refractivity contribution < 1.29 is 17.9 Å². The van der Waals surface area contributed by atoms with Gasteiger partial charge >= 0.3 is 0 Å². The molecule has 0 heterocycles. The Bertz CT molecular complexity index is 626. The molecule has 0 aliphatic heterocycles. The molecular weight excluding hydrogens is 316 g/mol. The molecule has 1 aromatic carbocycles. The molecule has 0 fully saturated rings. The van der Waals surface area contributed by atoms with Gasteiger partial charge in [0.2, 0.25) is 15.9 Å². The molecule has 1 amide bonds. The average Bonchev–Trinajstić information content (AvgIpc) is 2.46. The molecule has 0 aliphatic rings. The molecule has 1 N–H and O–H groups in total. The third kappa shape index (κ3) is 5.13. The van der Waals surface area contributed by atoms with Crippen molar-refractivity contribution in [2.75, 3.05) is 17.7 Å². The number of anilines is 1. The van der Waals surface area contributed by atoms with Crippen LogP contribution in [-0.2, 0) is 14.8 Å². The summed E-state index contributed by atoms with van der Waals surface area (Å²) in [5, 5.41) is 2.85. The van der Waals surface area contributed by atoms with Crippen LogP contribution >= 0.6 is 0 Å². The molecule has 0 spiro atoms. The Balaban J connectivity index is 3.09. The van der Waals surface area contributed by atoms with Crippen LogP contribution in [-0.4, -0.2) is 39.8 Å². The van der Waals surface area contributed by atoms with E-state index in [1.54, 1.807) is 31.2 Å². The van der Waals surface area contributed by atoms with E-state index < -0.39 is 16.1 Å². The number of nitrogens with zero attached hydrogens (tertiary/aromatic N) is 1. The number of amides is 1. The Labute approximate surface area is 138 Å². The molecule has 0 aliphatic carbocycles. The first kappa shape index (κ1) is 19.3. The van der Waals surface area contributed by atoms with Gasteiger partial charge in [-0.25, -0.2) is 8.42 Å². The Hall–Kier alpha value is -1.76. The van der Waals surface area contributed by atoms with Gasteiger partial charge in [0.25, 0.3) is 0 Å². The van der Waals surface area contributed by atoms with Crippen LogP contribution in [0, 0.1) is 5.92 Å². The van der Waals surface area contributed by atoms with Crippen LogP contribution in [0.5, 0.6) is 5.75 Å². The van der Waals surface area contributed by atoms with Gasteiger partial charge in [0.1, 0.15) is 11.8 Å². The molecule has 6 nitrogen and oxygen atoms in total.